The molecule has 0 aliphatic heterocycles. The minimum absolute atomic E-state index is 0.0454. The molecular weight excluding hydrogens is 470 g/mol. The van der Waals surface area contributed by atoms with Gasteiger partial charge >= 0.3 is 0 Å². The van der Waals surface area contributed by atoms with E-state index >= 15 is 0 Å². The Morgan fingerprint density at radius 3 is 2.24 bits per heavy atom. The molecule has 0 spiro atoms. The molecule has 1 amide bonds. The Morgan fingerprint density at radius 2 is 1.50 bits per heavy atom. The van der Waals surface area contributed by atoms with Crippen molar-refractivity contribution in [2.24, 2.45) is 5.92 Å². The largest absolute Gasteiger partial charge is 0.328 e. The minimum atomic E-state index is -0.370. The summed E-state index contributed by atoms with van der Waals surface area (Å²) in [6.07, 6.45) is 0.628. The average Bonchev–Trinajstić information content (AvgIpc) is 2.94. The Labute approximate surface area is 223 Å². The van der Waals surface area contributed by atoms with Crippen LogP contribution in [0.2, 0.25) is 0 Å². The van der Waals surface area contributed by atoms with E-state index in [1.54, 1.807) is 4.57 Å². The van der Waals surface area contributed by atoms with Crippen LogP contribution in [0.3, 0.4) is 0 Å². The highest BCUT2D eigenvalue weighted by Crippen LogP contribution is 2.29. The Morgan fingerprint density at radius 1 is 0.842 bits per heavy atom. The van der Waals surface area contributed by atoms with Crippen molar-refractivity contribution >= 4 is 27.6 Å². The first-order valence-electron chi connectivity index (χ1n) is 13.3. The number of rotatable bonds is 8. The molecule has 1 unspecified atom stereocenters. The molecule has 0 aliphatic rings. The van der Waals surface area contributed by atoms with Crippen LogP contribution in [-0.2, 0) is 6.54 Å². The van der Waals surface area contributed by atoms with E-state index in [1.807, 2.05) is 102 Å². The van der Waals surface area contributed by atoms with Gasteiger partial charge in [-0.15, -0.1) is 0 Å². The van der Waals surface area contributed by atoms with Crippen molar-refractivity contribution in [1.82, 2.24) is 14.5 Å². The fourth-order valence-corrected chi connectivity index (χ4v) is 5.21. The van der Waals surface area contributed by atoms with Crippen LogP contribution in [0.4, 0.5) is 0 Å². The highest BCUT2D eigenvalue weighted by atomic mass is 16.2. The second-order valence-corrected chi connectivity index (χ2v) is 10.2. The number of fused-ring (bicyclic) bond motifs is 2. The number of nitrogens with zero attached hydrogens (tertiary/aromatic N) is 3. The fraction of sp³-hybridized carbons (Fsp3) is 0.242. The Bertz CT molecular complexity index is 1630. The third-order valence-corrected chi connectivity index (χ3v) is 6.98. The van der Waals surface area contributed by atoms with Gasteiger partial charge in [-0.05, 0) is 46.9 Å². The number of para-hydroxylation sites is 1. The fourth-order valence-electron chi connectivity index (χ4n) is 5.21. The number of carbonyl (C=O) groups is 1. The molecule has 0 aliphatic carbocycles. The van der Waals surface area contributed by atoms with Crippen LogP contribution in [0.15, 0.2) is 102 Å². The highest BCUT2D eigenvalue weighted by Gasteiger charge is 2.30. The Balaban J connectivity index is 1.69. The molecule has 0 bridgehead atoms. The van der Waals surface area contributed by atoms with Gasteiger partial charge in [0, 0.05) is 12.1 Å². The molecule has 1 aromatic heterocycles. The van der Waals surface area contributed by atoms with Crippen molar-refractivity contribution in [3.8, 4) is 0 Å². The van der Waals surface area contributed by atoms with E-state index in [4.69, 9.17) is 4.98 Å². The van der Waals surface area contributed by atoms with Crippen molar-refractivity contribution in [2.45, 2.75) is 39.8 Å². The van der Waals surface area contributed by atoms with Gasteiger partial charge in [0.25, 0.3) is 11.5 Å². The zero-order valence-electron chi connectivity index (χ0n) is 22.2. The molecule has 0 fully saturated rings. The second kappa shape index (κ2) is 11.0. The van der Waals surface area contributed by atoms with Crippen molar-refractivity contribution < 1.29 is 4.79 Å². The SMILES string of the molecule is CCC(c1nc2ccccc2c(=O)n1Cc1ccccc1)N(CC(C)C)C(=O)c1cccc2ccccc12. The smallest absolute Gasteiger partial charge is 0.261 e. The van der Waals surface area contributed by atoms with Crippen LogP contribution >= 0.6 is 0 Å². The average molecular weight is 504 g/mol. The molecule has 192 valence electrons. The molecule has 0 saturated carbocycles. The predicted octanol–water partition coefficient (Wildman–Crippen LogP) is 6.85. The Hall–Kier alpha value is -4.25. The van der Waals surface area contributed by atoms with Gasteiger partial charge in [0.1, 0.15) is 5.82 Å². The third-order valence-electron chi connectivity index (χ3n) is 6.98. The number of benzene rings is 4. The predicted molar refractivity (Wildman–Crippen MR) is 154 cm³/mol. The first-order chi connectivity index (χ1) is 18.5. The van der Waals surface area contributed by atoms with E-state index in [2.05, 4.69) is 20.8 Å². The summed E-state index contributed by atoms with van der Waals surface area (Å²) in [5.74, 6) is 0.808. The normalized spacial score (nSPS) is 12.2. The lowest BCUT2D eigenvalue weighted by Gasteiger charge is -2.34. The molecular formula is C33H33N3O2. The summed E-state index contributed by atoms with van der Waals surface area (Å²) in [6, 6.07) is 30.9. The molecule has 1 atom stereocenters. The molecule has 0 N–H and O–H groups in total. The van der Waals surface area contributed by atoms with Gasteiger partial charge in [-0.1, -0.05) is 99.6 Å². The van der Waals surface area contributed by atoms with Gasteiger partial charge < -0.3 is 4.90 Å². The maximum atomic E-state index is 14.3. The van der Waals surface area contributed by atoms with Crippen LogP contribution in [0.25, 0.3) is 21.7 Å². The summed E-state index contributed by atoms with van der Waals surface area (Å²) in [5, 5.41) is 2.54. The summed E-state index contributed by atoms with van der Waals surface area (Å²) >= 11 is 0. The number of carbonyl (C=O) groups excluding carboxylic acids is 1. The molecule has 0 saturated heterocycles. The molecule has 5 aromatic rings. The Kier molecular flexibility index (Phi) is 7.36. The molecule has 4 aromatic carbocycles. The number of amides is 1. The summed E-state index contributed by atoms with van der Waals surface area (Å²) in [5.41, 5.74) is 2.24. The summed E-state index contributed by atoms with van der Waals surface area (Å²) in [6.45, 7) is 7.22. The number of aromatic nitrogens is 2. The van der Waals surface area contributed by atoms with Crippen LogP contribution in [-0.4, -0.2) is 26.9 Å². The van der Waals surface area contributed by atoms with E-state index in [-0.39, 0.29) is 23.4 Å². The monoisotopic (exact) mass is 503 g/mol. The van der Waals surface area contributed by atoms with Crippen molar-refractivity contribution in [2.75, 3.05) is 6.54 Å². The molecule has 0 radical (unpaired) electrons. The lowest BCUT2D eigenvalue weighted by atomic mass is 10.0. The zero-order valence-corrected chi connectivity index (χ0v) is 22.2. The highest BCUT2D eigenvalue weighted by molar-refractivity contribution is 6.07. The number of hydrogen-bond donors (Lipinski definition) is 0. The molecule has 5 heteroatoms. The number of hydrogen-bond acceptors (Lipinski definition) is 3. The van der Waals surface area contributed by atoms with Gasteiger partial charge in [0.2, 0.25) is 0 Å². The quantitative estimate of drug-likeness (QED) is 0.233. The maximum absolute atomic E-state index is 14.3. The van der Waals surface area contributed by atoms with Crippen LogP contribution in [0.5, 0.6) is 0 Å². The van der Waals surface area contributed by atoms with E-state index < -0.39 is 0 Å². The topological polar surface area (TPSA) is 55.2 Å². The first-order valence-corrected chi connectivity index (χ1v) is 13.3. The lowest BCUT2D eigenvalue weighted by molar-refractivity contribution is 0.0631. The first kappa shape index (κ1) is 25.4. The van der Waals surface area contributed by atoms with E-state index in [0.29, 0.717) is 41.8 Å². The van der Waals surface area contributed by atoms with Gasteiger partial charge in [-0.2, -0.15) is 0 Å². The van der Waals surface area contributed by atoms with Crippen molar-refractivity contribution in [3.63, 3.8) is 0 Å². The van der Waals surface area contributed by atoms with E-state index in [0.717, 1.165) is 16.3 Å². The van der Waals surface area contributed by atoms with Crippen LogP contribution < -0.4 is 5.56 Å². The third kappa shape index (κ3) is 4.97. The van der Waals surface area contributed by atoms with Crippen molar-refractivity contribution in [3.05, 3.63) is 124 Å². The molecule has 38 heavy (non-hydrogen) atoms. The molecule has 5 rings (SSSR count). The van der Waals surface area contributed by atoms with E-state index in [1.165, 1.54) is 0 Å². The maximum Gasteiger partial charge on any atom is 0.261 e. The molecule has 5 nitrogen and oxygen atoms in total. The minimum Gasteiger partial charge on any atom is -0.328 e. The van der Waals surface area contributed by atoms with Crippen molar-refractivity contribution in [1.29, 1.82) is 0 Å². The van der Waals surface area contributed by atoms with Crippen LogP contribution in [0.1, 0.15) is 55.0 Å². The van der Waals surface area contributed by atoms with Gasteiger partial charge in [0.15, 0.2) is 0 Å². The van der Waals surface area contributed by atoms with Gasteiger partial charge in [-0.25, -0.2) is 4.98 Å². The summed E-state index contributed by atoms with van der Waals surface area (Å²) in [7, 11) is 0. The lowest BCUT2D eigenvalue weighted by Crippen LogP contribution is -2.41. The van der Waals surface area contributed by atoms with Crippen LogP contribution in [0, 0.1) is 5.92 Å². The second-order valence-electron chi connectivity index (χ2n) is 10.2. The summed E-state index contributed by atoms with van der Waals surface area (Å²) in [4.78, 5) is 35.1. The van der Waals surface area contributed by atoms with Gasteiger partial charge in [0.05, 0.1) is 23.5 Å². The zero-order chi connectivity index (χ0) is 26.6. The molecule has 1 heterocycles. The van der Waals surface area contributed by atoms with Gasteiger partial charge in [-0.3, -0.25) is 14.2 Å². The summed E-state index contributed by atoms with van der Waals surface area (Å²) < 4.78 is 1.76. The van der Waals surface area contributed by atoms with E-state index in [9.17, 15) is 9.59 Å². The standard InChI is InChI=1S/C33H33N3O2/c1-4-30(35(21-23(2)3)32(37)27-19-12-16-25-15-8-9-17-26(25)27)31-34-29-20-11-10-18-28(29)33(38)36(31)22-24-13-6-5-7-14-24/h5-20,23,30H,4,21-22H2,1-3H3.